The topological polar surface area (TPSA) is 12.9 Å². The molecule has 0 atom stereocenters. The summed E-state index contributed by atoms with van der Waals surface area (Å²) in [5, 5.41) is 0.928. The molecule has 0 aliphatic heterocycles. The molecule has 38 valence electrons. The van der Waals surface area contributed by atoms with E-state index in [1.807, 2.05) is 6.07 Å². The summed E-state index contributed by atoms with van der Waals surface area (Å²) in [6.07, 6.45) is 1.81. The molecule has 0 amide bonds. The molecule has 0 spiro atoms. The molecule has 1 rings (SSSR count). The van der Waals surface area contributed by atoms with Crippen LogP contribution in [0.15, 0.2) is 12.3 Å². The first-order chi connectivity index (χ1) is 3.43. The van der Waals surface area contributed by atoms with Crippen LogP contribution in [0, 0.1) is 0 Å². The summed E-state index contributed by atoms with van der Waals surface area (Å²) < 4.78 is 3.90. The molecule has 0 fully saturated rings. The maximum atomic E-state index is 3.90. The maximum absolute atomic E-state index is 3.90. The molecule has 1 aromatic rings. The number of halogens is 1. The van der Waals surface area contributed by atoms with Crippen molar-refractivity contribution in [3.05, 3.63) is 17.1 Å². The number of aromatic nitrogens is 1. The van der Waals surface area contributed by atoms with Crippen LogP contribution in [0.25, 0.3) is 0 Å². The lowest BCUT2D eigenvalue weighted by atomic mass is 10.6. The Labute approximate surface area is 54.7 Å². The minimum Gasteiger partial charge on any atom is -0.201 e. The summed E-state index contributed by atoms with van der Waals surface area (Å²) in [6, 6.07) is 2.00. The van der Waals surface area contributed by atoms with Crippen LogP contribution in [0.2, 0.25) is 0 Å². The van der Waals surface area contributed by atoms with Crippen LogP contribution in [0.5, 0.6) is 0 Å². The summed E-state index contributed by atoms with van der Waals surface area (Å²) >= 11 is 4.83. The highest BCUT2D eigenvalue weighted by molar-refractivity contribution is 9.08. The Morgan fingerprint density at radius 1 is 1.86 bits per heavy atom. The molecule has 1 aromatic heterocycles. The molecular weight excluding hydrogens is 174 g/mol. The van der Waals surface area contributed by atoms with Crippen LogP contribution in [0.1, 0.15) is 4.88 Å². The fourth-order valence-corrected chi connectivity index (χ4v) is 1.23. The van der Waals surface area contributed by atoms with Gasteiger partial charge in [-0.3, -0.25) is 0 Å². The van der Waals surface area contributed by atoms with Gasteiger partial charge in [-0.15, -0.1) is 0 Å². The molecule has 0 bridgehead atoms. The van der Waals surface area contributed by atoms with Gasteiger partial charge in [0.05, 0.1) is 0 Å². The molecule has 0 radical (unpaired) electrons. The van der Waals surface area contributed by atoms with Gasteiger partial charge in [-0.25, -0.2) is 4.37 Å². The summed E-state index contributed by atoms with van der Waals surface area (Å²) in [4.78, 5) is 1.28. The molecule has 0 saturated heterocycles. The predicted molar refractivity (Wildman–Crippen MR) is 34.7 cm³/mol. The lowest BCUT2D eigenvalue weighted by Gasteiger charge is -1.74. The Hall–Kier alpha value is 0.110. The SMILES string of the molecule is BrCc1ccns1. The summed E-state index contributed by atoms with van der Waals surface area (Å²) in [6.45, 7) is 0. The van der Waals surface area contributed by atoms with Crippen molar-refractivity contribution in [2.75, 3.05) is 0 Å². The van der Waals surface area contributed by atoms with E-state index >= 15 is 0 Å². The van der Waals surface area contributed by atoms with Gasteiger partial charge in [-0.1, -0.05) is 15.9 Å². The molecule has 0 N–H and O–H groups in total. The fourth-order valence-electron chi connectivity index (χ4n) is 0.311. The highest BCUT2D eigenvalue weighted by atomic mass is 79.9. The zero-order valence-corrected chi connectivity index (χ0v) is 6.00. The van der Waals surface area contributed by atoms with Crippen LogP contribution < -0.4 is 0 Å². The van der Waals surface area contributed by atoms with E-state index in [4.69, 9.17) is 0 Å². The third-order valence-electron chi connectivity index (χ3n) is 0.623. The van der Waals surface area contributed by atoms with Crippen LogP contribution in [-0.4, -0.2) is 4.37 Å². The molecule has 1 heterocycles. The third-order valence-corrected chi connectivity index (χ3v) is 2.34. The van der Waals surface area contributed by atoms with E-state index in [2.05, 4.69) is 20.3 Å². The largest absolute Gasteiger partial charge is 0.201 e. The van der Waals surface area contributed by atoms with Crippen molar-refractivity contribution in [1.82, 2.24) is 4.37 Å². The van der Waals surface area contributed by atoms with E-state index in [9.17, 15) is 0 Å². The van der Waals surface area contributed by atoms with Crippen LogP contribution in [-0.2, 0) is 5.33 Å². The van der Waals surface area contributed by atoms with Gasteiger partial charge in [0.1, 0.15) is 0 Å². The highest BCUT2D eigenvalue weighted by Gasteiger charge is 1.85. The monoisotopic (exact) mass is 177 g/mol. The average molecular weight is 178 g/mol. The Kier molecular flexibility index (Phi) is 1.82. The average Bonchev–Trinajstić information content (AvgIpc) is 2.14. The molecular formula is C4H4BrNS. The summed E-state index contributed by atoms with van der Waals surface area (Å²) in [5.41, 5.74) is 0. The molecule has 1 nitrogen and oxygen atoms in total. The number of alkyl halides is 1. The van der Waals surface area contributed by atoms with Gasteiger partial charge in [0, 0.05) is 16.4 Å². The van der Waals surface area contributed by atoms with Crippen LogP contribution in [0.4, 0.5) is 0 Å². The lowest BCUT2D eigenvalue weighted by molar-refractivity contribution is 1.55. The van der Waals surface area contributed by atoms with Crippen molar-refractivity contribution in [2.24, 2.45) is 0 Å². The maximum Gasteiger partial charge on any atom is 0.0410 e. The molecule has 3 heteroatoms. The quantitative estimate of drug-likeness (QED) is 0.599. The molecule has 0 aliphatic rings. The van der Waals surface area contributed by atoms with E-state index in [1.54, 1.807) is 6.20 Å². The van der Waals surface area contributed by atoms with Crippen molar-refractivity contribution >= 4 is 27.5 Å². The Balaban J connectivity index is 2.76. The molecule has 0 saturated carbocycles. The van der Waals surface area contributed by atoms with Crippen LogP contribution >= 0.6 is 27.5 Å². The van der Waals surface area contributed by atoms with Crippen molar-refractivity contribution < 1.29 is 0 Å². The second-order valence-corrected chi connectivity index (χ2v) is 2.59. The van der Waals surface area contributed by atoms with Crippen molar-refractivity contribution in [3.63, 3.8) is 0 Å². The Morgan fingerprint density at radius 3 is 3.00 bits per heavy atom. The molecule has 0 aromatic carbocycles. The van der Waals surface area contributed by atoms with Gasteiger partial charge >= 0.3 is 0 Å². The van der Waals surface area contributed by atoms with E-state index in [-0.39, 0.29) is 0 Å². The number of nitrogens with zero attached hydrogens (tertiary/aromatic N) is 1. The van der Waals surface area contributed by atoms with Gasteiger partial charge in [-0.2, -0.15) is 0 Å². The smallest absolute Gasteiger partial charge is 0.0410 e. The van der Waals surface area contributed by atoms with Crippen molar-refractivity contribution in [1.29, 1.82) is 0 Å². The predicted octanol–water partition coefficient (Wildman–Crippen LogP) is 2.04. The van der Waals surface area contributed by atoms with Gasteiger partial charge in [0.25, 0.3) is 0 Å². The lowest BCUT2D eigenvalue weighted by Crippen LogP contribution is -1.57. The highest BCUT2D eigenvalue weighted by Crippen LogP contribution is 2.07. The van der Waals surface area contributed by atoms with E-state index in [0.717, 1.165) is 5.33 Å². The summed E-state index contributed by atoms with van der Waals surface area (Å²) in [5.74, 6) is 0. The van der Waals surface area contributed by atoms with Gasteiger partial charge in [-0.05, 0) is 17.6 Å². The molecule has 0 unspecified atom stereocenters. The second kappa shape index (κ2) is 2.43. The minimum absolute atomic E-state index is 0.928. The Bertz CT molecular complexity index is 126. The van der Waals surface area contributed by atoms with Gasteiger partial charge in [0.15, 0.2) is 0 Å². The first-order valence-electron chi connectivity index (χ1n) is 1.89. The Morgan fingerprint density at radius 2 is 2.71 bits per heavy atom. The van der Waals surface area contributed by atoms with E-state index in [1.165, 1.54) is 16.4 Å². The van der Waals surface area contributed by atoms with Gasteiger partial charge in [0.2, 0.25) is 0 Å². The van der Waals surface area contributed by atoms with Crippen molar-refractivity contribution in [2.45, 2.75) is 5.33 Å². The minimum atomic E-state index is 0.928. The second-order valence-electron chi connectivity index (χ2n) is 1.11. The standard InChI is InChI=1S/C4H4BrNS/c5-3-4-1-2-6-7-4/h1-2H,3H2. The van der Waals surface area contributed by atoms with Gasteiger partial charge < -0.3 is 0 Å². The normalized spacial score (nSPS) is 9.29. The number of hydrogen-bond donors (Lipinski definition) is 0. The van der Waals surface area contributed by atoms with Crippen molar-refractivity contribution in [3.8, 4) is 0 Å². The zero-order valence-electron chi connectivity index (χ0n) is 3.60. The first kappa shape index (κ1) is 5.25. The fraction of sp³-hybridized carbons (Fsp3) is 0.250. The van der Waals surface area contributed by atoms with E-state index < -0.39 is 0 Å². The molecule has 7 heavy (non-hydrogen) atoms. The summed E-state index contributed by atoms with van der Waals surface area (Å²) in [7, 11) is 0. The van der Waals surface area contributed by atoms with E-state index in [0.29, 0.717) is 0 Å². The first-order valence-corrected chi connectivity index (χ1v) is 3.78. The third kappa shape index (κ3) is 1.24. The molecule has 0 aliphatic carbocycles. The number of rotatable bonds is 1. The van der Waals surface area contributed by atoms with Crippen LogP contribution in [0.3, 0.4) is 0 Å². The number of hydrogen-bond acceptors (Lipinski definition) is 2. The zero-order chi connectivity index (χ0) is 5.11.